The van der Waals surface area contributed by atoms with Crippen molar-refractivity contribution < 1.29 is 17.6 Å². The van der Waals surface area contributed by atoms with Gasteiger partial charge in [-0.2, -0.15) is 0 Å². The van der Waals surface area contributed by atoms with Crippen LogP contribution in [0.5, 0.6) is 0 Å². The quantitative estimate of drug-likeness (QED) is 0.243. The Hall–Kier alpha value is -3.05. The zero-order chi connectivity index (χ0) is 26.6. The molecule has 0 unspecified atom stereocenters. The van der Waals surface area contributed by atoms with Gasteiger partial charge in [0.25, 0.3) is 15.9 Å². The number of benzene rings is 3. The molecule has 0 aliphatic rings. The number of aromatic nitrogens is 1. The summed E-state index contributed by atoms with van der Waals surface area (Å²) < 4.78 is 41.9. The Bertz CT molecular complexity index is 1480. The first-order valence-electron chi connectivity index (χ1n) is 12.0. The first kappa shape index (κ1) is 29.5. The molecule has 0 spiro atoms. The van der Waals surface area contributed by atoms with Gasteiger partial charge < -0.3 is 4.90 Å². The van der Waals surface area contributed by atoms with Crippen LogP contribution in [0.1, 0.15) is 24.2 Å². The number of hydrogen-bond donors (Lipinski definition) is 0. The van der Waals surface area contributed by atoms with E-state index in [9.17, 15) is 17.6 Å². The van der Waals surface area contributed by atoms with Crippen LogP contribution in [-0.4, -0.2) is 57.4 Å². The third-order valence-electron chi connectivity index (χ3n) is 6.23. The number of amides is 1. The largest absolute Gasteiger partial charge is 0.302 e. The SMILES string of the molecule is CCN(CC)CCN(C(=O)c1ccc(S(=O)(=O)N(C)c2ccccc2)cc1)c1nc2ccc(F)cc2s1.Cl. The molecule has 1 amide bonds. The minimum atomic E-state index is -3.80. The summed E-state index contributed by atoms with van der Waals surface area (Å²) in [5.74, 6) is -0.659. The topological polar surface area (TPSA) is 73.8 Å². The molecule has 0 bridgehead atoms. The van der Waals surface area contributed by atoms with E-state index in [1.54, 1.807) is 35.2 Å². The molecule has 1 aromatic heterocycles. The van der Waals surface area contributed by atoms with E-state index in [1.165, 1.54) is 59.1 Å². The molecule has 11 heteroatoms. The minimum Gasteiger partial charge on any atom is -0.302 e. The van der Waals surface area contributed by atoms with E-state index in [0.29, 0.717) is 39.7 Å². The van der Waals surface area contributed by atoms with E-state index < -0.39 is 10.0 Å². The molecule has 3 aromatic carbocycles. The molecule has 1 heterocycles. The number of thiazole rings is 1. The van der Waals surface area contributed by atoms with E-state index >= 15 is 0 Å². The molecule has 38 heavy (non-hydrogen) atoms. The summed E-state index contributed by atoms with van der Waals surface area (Å²) in [6.07, 6.45) is 0. The highest BCUT2D eigenvalue weighted by Gasteiger charge is 2.25. The van der Waals surface area contributed by atoms with Crippen molar-refractivity contribution in [3.8, 4) is 0 Å². The van der Waals surface area contributed by atoms with Gasteiger partial charge in [0.05, 0.1) is 20.8 Å². The second-order valence-corrected chi connectivity index (χ2v) is 11.4. The Balaban J connectivity index is 0.00000400. The molecule has 0 aliphatic carbocycles. The van der Waals surface area contributed by atoms with Crippen LogP contribution < -0.4 is 9.21 Å². The summed E-state index contributed by atoms with van der Waals surface area (Å²) in [6, 6.07) is 19.1. The van der Waals surface area contributed by atoms with Crippen molar-refractivity contribution in [3.05, 3.63) is 84.2 Å². The average Bonchev–Trinajstić information content (AvgIpc) is 3.33. The number of carbonyl (C=O) groups is 1. The number of hydrogen-bond acceptors (Lipinski definition) is 6. The van der Waals surface area contributed by atoms with Gasteiger partial charge in [-0.1, -0.05) is 43.4 Å². The van der Waals surface area contributed by atoms with Crippen LogP contribution in [0.2, 0.25) is 0 Å². The van der Waals surface area contributed by atoms with Crippen LogP contribution >= 0.6 is 23.7 Å². The first-order chi connectivity index (χ1) is 17.7. The molecule has 0 atom stereocenters. The van der Waals surface area contributed by atoms with Crippen molar-refractivity contribution in [2.75, 3.05) is 42.4 Å². The molecular formula is C27H30ClFN4O3S2. The maximum absolute atomic E-state index is 13.8. The number of halogens is 2. The summed E-state index contributed by atoms with van der Waals surface area (Å²) in [5.41, 5.74) is 1.50. The van der Waals surface area contributed by atoms with Gasteiger partial charge in [0.2, 0.25) is 0 Å². The van der Waals surface area contributed by atoms with Crippen LogP contribution in [0.15, 0.2) is 77.7 Å². The molecule has 7 nitrogen and oxygen atoms in total. The number of sulfonamides is 1. The fourth-order valence-corrected chi connectivity index (χ4v) is 6.14. The van der Waals surface area contributed by atoms with Crippen LogP contribution in [0.4, 0.5) is 15.2 Å². The number of carbonyl (C=O) groups excluding carboxylic acids is 1. The lowest BCUT2D eigenvalue weighted by molar-refractivity contribution is 0.0983. The normalized spacial score (nSPS) is 11.4. The molecular weight excluding hydrogens is 547 g/mol. The fourth-order valence-electron chi connectivity index (χ4n) is 3.93. The Morgan fingerprint density at radius 1 is 0.947 bits per heavy atom. The highest BCUT2D eigenvalue weighted by Crippen LogP contribution is 2.30. The molecule has 0 radical (unpaired) electrons. The number of para-hydroxylation sites is 1. The highest BCUT2D eigenvalue weighted by atomic mass is 35.5. The van der Waals surface area contributed by atoms with Gasteiger partial charge >= 0.3 is 0 Å². The number of fused-ring (bicyclic) bond motifs is 1. The summed E-state index contributed by atoms with van der Waals surface area (Å²) >= 11 is 1.25. The van der Waals surface area contributed by atoms with E-state index in [1.807, 2.05) is 6.07 Å². The molecule has 0 saturated heterocycles. The lowest BCUT2D eigenvalue weighted by Gasteiger charge is -2.25. The van der Waals surface area contributed by atoms with Crippen LogP contribution in [0.25, 0.3) is 10.2 Å². The molecule has 202 valence electrons. The molecule has 4 aromatic rings. The maximum atomic E-state index is 13.8. The van der Waals surface area contributed by atoms with Crippen molar-refractivity contribution in [1.82, 2.24) is 9.88 Å². The van der Waals surface area contributed by atoms with E-state index in [-0.39, 0.29) is 29.0 Å². The summed E-state index contributed by atoms with van der Waals surface area (Å²) in [4.78, 5) is 22.1. The van der Waals surface area contributed by atoms with Gasteiger partial charge in [-0.25, -0.2) is 17.8 Å². The Morgan fingerprint density at radius 3 is 2.24 bits per heavy atom. The van der Waals surface area contributed by atoms with Crippen LogP contribution in [-0.2, 0) is 10.0 Å². The summed E-state index contributed by atoms with van der Waals surface area (Å²) in [7, 11) is -2.31. The van der Waals surface area contributed by atoms with Gasteiger partial charge in [0, 0.05) is 25.7 Å². The van der Waals surface area contributed by atoms with Gasteiger partial charge in [-0.15, -0.1) is 12.4 Å². The molecule has 0 fully saturated rings. The third-order valence-corrected chi connectivity index (χ3v) is 9.07. The molecule has 0 saturated carbocycles. The van der Waals surface area contributed by atoms with Gasteiger partial charge in [-0.05, 0) is 67.7 Å². The van der Waals surface area contributed by atoms with Crippen molar-refractivity contribution in [3.63, 3.8) is 0 Å². The Labute approximate surface area is 233 Å². The lowest BCUT2D eigenvalue weighted by atomic mass is 10.2. The molecule has 4 rings (SSSR count). The van der Waals surface area contributed by atoms with Crippen LogP contribution in [0.3, 0.4) is 0 Å². The second-order valence-electron chi connectivity index (χ2n) is 8.42. The summed E-state index contributed by atoms with van der Waals surface area (Å²) in [5, 5.41) is 0.471. The average molecular weight is 577 g/mol. The van der Waals surface area contributed by atoms with Gasteiger partial charge in [0.15, 0.2) is 5.13 Å². The fraction of sp³-hybridized carbons (Fsp3) is 0.259. The predicted octanol–water partition coefficient (Wildman–Crippen LogP) is 5.67. The van der Waals surface area contributed by atoms with E-state index in [2.05, 4.69) is 23.7 Å². The van der Waals surface area contributed by atoms with Crippen molar-refractivity contribution in [1.29, 1.82) is 0 Å². The lowest BCUT2D eigenvalue weighted by Crippen LogP contribution is -2.38. The predicted molar refractivity (Wildman–Crippen MR) is 155 cm³/mol. The zero-order valence-electron chi connectivity index (χ0n) is 21.4. The van der Waals surface area contributed by atoms with Gasteiger partial charge in [0.1, 0.15) is 5.82 Å². The van der Waals surface area contributed by atoms with Gasteiger partial charge in [-0.3, -0.25) is 14.0 Å². The van der Waals surface area contributed by atoms with E-state index in [4.69, 9.17) is 0 Å². The molecule has 0 aliphatic heterocycles. The Morgan fingerprint density at radius 2 is 1.61 bits per heavy atom. The second kappa shape index (κ2) is 12.7. The monoisotopic (exact) mass is 576 g/mol. The number of nitrogens with zero attached hydrogens (tertiary/aromatic N) is 4. The molecule has 0 N–H and O–H groups in total. The number of anilines is 2. The van der Waals surface area contributed by atoms with Crippen molar-refractivity contribution in [2.45, 2.75) is 18.7 Å². The summed E-state index contributed by atoms with van der Waals surface area (Å²) in [6.45, 7) is 6.82. The smallest absolute Gasteiger partial charge is 0.264 e. The van der Waals surface area contributed by atoms with Crippen molar-refractivity contribution in [2.24, 2.45) is 0 Å². The minimum absolute atomic E-state index is 0. The number of rotatable bonds is 10. The third kappa shape index (κ3) is 6.32. The maximum Gasteiger partial charge on any atom is 0.264 e. The van der Waals surface area contributed by atoms with Crippen molar-refractivity contribution >= 4 is 60.7 Å². The highest BCUT2D eigenvalue weighted by molar-refractivity contribution is 7.92. The number of likely N-dealkylation sites (N-methyl/N-ethyl adjacent to an activating group) is 1. The van der Waals surface area contributed by atoms with E-state index in [0.717, 1.165) is 13.1 Å². The first-order valence-corrected chi connectivity index (χ1v) is 14.2. The zero-order valence-corrected chi connectivity index (χ0v) is 23.8. The van der Waals surface area contributed by atoms with Crippen LogP contribution in [0, 0.1) is 5.82 Å². The standard InChI is InChI=1S/C27H29FN4O3S2.ClH/c1-4-31(5-2)17-18-32(27-29-24-16-13-21(28)19-25(24)36-27)26(33)20-11-14-23(15-12-20)37(34,35)30(3)22-9-7-6-8-10-22;/h6-16,19H,4-5,17-18H2,1-3H3;1H. The Kier molecular flexibility index (Phi) is 9.83.